The average Bonchev–Trinajstić information content (AvgIpc) is 3.33. The van der Waals surface area contributed by atoms with Gasteiger partial charge >= 0.3 is 11.3 Å². The van der Waals surface area contributed by atoms with Gasteiger partial charge in [0.25, 0.3) is 0 Å². The highest BCUT2D eigenvalue weighted by Gasteiger charge is 2.25. The Labute approximate surface area is 166 Å². The largest absolute Gasteiger partial charge is 0.454 e. The zero-order valence-corrected chi connectivity index (χ0v) is 16.5. The molecule has 28 heavy (non-hydrogen) atoms. The van der Waals surface area contributed by atoms with Gasteiger partial charge < -0.3 is 8.83 Å². The first-order chi connectivity index (χ1) is 13.7. The van der Waals surface area contributed by atoms with Crippen molar-refractivity contribution in [2.45, 2.75) is 26.2 Å². The third-order valence-corrected chi connectivity index (χ3v) is 5.65. The fourth-order valence-corrected chi connectivity index (χ4v) is 4.22. The van der Waals surface area contributed by atoms with E-state index in [1.807, 2.05) is 30.3 Å². The molecule has 4 aliphatic rings. The van der Waals surface area contributed by atoms with Gasteiger partial charge in [0.05, 0.1) is 10.4 Å². The lowest BCUT2D eigenvalue weighted by Crippen LogP contribution is -2.35. The third kappa shape index (κ3) is 3.73. The second-order valence-electron chi connectivity index (χ2n) is 6.78. The van der Waals surface area contributed by atoms with Crippen molar-refractivity contribution in [2.75, 3.05) is 19.6 Å². The van der Waals surface area contributed by atoms with Crippen LogP contribution in [-0.2, 0) is 0 Å². The minimum absolute atomic E-state index is 0.226. The molecule has 1 aromatic rings. The normalized spacial score (nSPS) is 14.6. The fourth-order valence-electron chi connectivity index (χ4n) is 3.31. The van der Waals surface area contributed by atoms with Gasteiger partial charge in [-0.25, -0.2) is 14.6 Å². The number of fused-ring (bicyclic) bond motifs is 4. The molecule has 1 saturated heterocycles. The molecule has 1 N–H and O–H groups in total. The van der Waals surface area contributed by atoms with E-state index in [4.69, 9.17) is 4.42 Å². The van der Waals surface area contributed by atoms with Crippen molar-refractivity contribution >= 4 is 22.3 Å². The summed E-state index contributed by atoms with van der Waals surface area (Å²) in [5, 5.41) is 4.91. The number of benzene rings is 1. The minimum atomic E-state index is -0.642. The van der Waals surface area contributed by atoms with Crippen LogP contribution in [0.4, 0.5) is 0 Å². The lowest BCUT2D eigenvalue weighted by atomic mass is 10.1. The van der Waals surface area contributed by atoms with Gasteiger partial charge in [0.2, 0.25) is 0 Å². The smallest absolute Gasteiger partial charge is 0.350 e. The van der Waals surface area contributed by atoms with Gasteiger partial charge in [-0.1, -0.05) is 25.1 Å². The van der Waals surface area contributed by atoms with Gasteiger partial charge in [0, 0.05) is 30.4 Å². The Morgan fingerprint density at radius 3 is 2.68 bits per heavy atom. The summed E-state index contributed by atoms with van der Waals surface area (Å²) in [5.74, 6) is 0.414. The molecule has 7 heteroatoms. The molecule has 0 spiro atoms. The summed E-state index contributed by atoms with van der Waals surface area (Å²) >= 11 is 1.36. The molecular formula is C21H22N2O4S. The van der Waals surface area contributed by atoms with Gasteiger partial charge in [0.1, 0.15) is 11.1 Å². The van der Waals surface area contributed by atoms with Crippen LogP contribution < -0.4 is 16.7 Å². The number of hydrazine groups is 1. The Hall–Kier alpha value is -2.48. The van der Waals surface area contributed by atoms with Crippen LogP contribution in [0.5, 0.6) is 0 Å². The Balaban J connectivity index is 0.000000181. The maximum absolute atomic E-state index is 11.7. The van der Waals surface area contributed by atoms with E-state index in [0.717, 1.165) is 16.8 Å². The summed E-state index contributed by atoms with van der Waals surface area (Å²) in [5.41, 5.74) is 3.29. The van der Waals surface area contributed by atoms with Crippen LogP contribution in [0.25, 0.3) is 32.7 Å². The number of hydrogen-bond acceptors (Lipinski definition) is 7. The average molecular weight is 398 g/mol. The maximum atomic E-state index is 11.7. The zero-order chi connectivity index (χ0) is 19.5. The molecule has 4 heterocycles. The number of nitrogens with one attached hydrogen (secondary N) is 1. The van der Waals surface area contributed by atoms with Gasteiger partial charge in [-0.2, -0.15) is 0 Å². The van der Waals surface area contributed by atoms with E-state index in [2.05, 4.69) is 21.8 Å². The molecule has 4 aliphatic heterocycles. The molecule has 0 unspecified atom stereocenters. The molecule has 0 radical (unpaired) electrons. The van der Waals surface area contributed by atoms with Crippen molar-refractivity contribution in [2.24, 2.45) is 0 Å². The molecule has 0 aromatic heterocycles. The van der Waals surface area contributed by atoms with Crippen LogP contribution in [0, 0.1) is 0 Å². The number of hydrogen-bond donors (Lipinski definition) is 1. The summed E-state index contributed by atoms with van der Waals surface area (Å²) in [4.78, 5) is 24.0. The highest BCUT2D eigenvalue weighted by Crippen LogP contribution is 2.38. The standard InChI is InChI=1S/C14H6O4S.C7H16N2/c15-13-8-6-19-10-5-7-3-1-2-4-9(7)17-12(10)11(8)14(16)18-13;1-2-5-8-9-6-3-4-7-9/h1-6H;8H,2-7H2,1H3. The van der Waals surface area contributed by atoms with Crippen molar-refractivity contribution in [1.82, 2.24) is 10.4 Å². The predicted molar refractivity (Wildman–Crippen MR) is 111 cm³/mol. The van der Waals surface area contributed by atoms with Gasteiger partial charge in [-0.15, -0.1) is 11.3 Å². The molecular weight excluding hydrogens is 376 g/mol. The molecule has 0 aliphatic carbocycles. The van der Waals surface area contributed by atoms with Crippen molar-refractivity contribution in [1.29, 1.82) is 0 Å². The Kier molecular flexibility index (Phi) is 5.57. The van der Waals surface area contributed by atoms with Crippen molar-refractivity contribution < 1.29 is 8.83 Å². The Morgan fingerprint density at radius 1 is 1.11 bits per heavy atom. The lowest BCUT2D eigenvalue weighted by molar-refractivity contribution is 0.236. The monoisotopic (exact) mass is 398 g/mol. The first-order valence-electron chi connectivity index (χ1n) is 9.52. The number of nitrogens with zero attached hydrogens (tertiary/aromatic N) is 1. The van der Waals surface area contributed by atoms with Crippen molar-refractivity contribution in [3.05, 3.63) is 56.6 Å². The molecule has 1 aromatic carbocycles. The number of furan rings is 1. The summed E-state index contributed by atoms with van der Waals surface area (Å²) in [6.07, 6.45) is 3.98. The minimum Gasteiger partial charge on any atom is -0.454 e. The number of rotatable bonds is 3. The SMILES string of the molecule is CCCNN1CCCC1.O=c1oc(=O)c2c3oc4ccccc4cc-3scc1-2. The van der Waals surface area contributed by atoms with Gasteiger partial charge in [-0.05, 0) is 31.4 Å². The van der Waals surface area contributed by atoms with E-state index in [1.165, 1.54) is 43.7 Å². The van der Waals surface area contributed by atoms with Crippen LogP contribution in [0.2, 0.25) is 0 Å². The molecule has 0 saturated carbocycles. The Morgan fingerprint density at radius 2 is 1.89 bits per heavy atom. The van der Waals surface area contributed by atoms with E-state index < -0.39 is 11.3 Å². The first-order valence-corrected chi connectivity index (χ1v) is 10.4. The van der Waals surface area contributed by atoms with Crippen LogP contribution in [-0.4, -0.2) is 24.6 Å². The lowest BCUT2D eigenvalue weighted by Gasteiger charge is -2.14. The molecule has 5 rings (SSSR count). The predicted octanol–water partition coefficient (Wildman–Crippen LogP) is 4.01. The molecule has 0 amide bonds. The molecule has 0 bridgehead atoms. The topological polar surface area (TPSA) is 75.7 Å². The van der Waals surface area contributed by atoms with Crippen molar-refractivity contribution in [3.8, 4) is 21.8 Å². The van der Waals surface area contributed by atoms with Crippen LogP contribution in [0.3, 0.4) is 0 Å². The van der Waals surface area contributed by atoms with E-state index in [1.54, 1.807) is 5.38 Å². The van der Waals surface area contributed by atoms with Crippen LogP contribution in [0.1, 0.15) is 26.2 Å². The van der Waals surface area contributed by atoms with E-state index >= 15 is 0 Å². The number of para-hydroxylation sites is 1. The summed E-state index contributed by atoms with van der Waals surface area (Å²) in [7, 11) is 0. The summed E-state index contributed by atoms with van der Waals surface area (Å²) < 4.78 is 10.4. The molecule has 146 valence electrons. The Bertz CT molecular complexity index is 1120. The molecule has 6 nitrogen and oxygen atoms in total. The van der Waals surface area contributed by atoms with Crippen LogP contribution >= 0.6 is 11.3 Å². The second kappa shape index (κ2) is 8.26. The molecule has 0 atom stereocenters. The van der Waals surface area contributed by atoms with Gasteiger partial charge in [0.15, 0.2) is 5.76 Å². The van der Waals surface area contributed by atoms with Crippen molar-refractivity contribution in [3.63, 3.8) is 0 Å². The van der Waals surface area contributed by atoms with E-state index in [9.17, 15) is 9.59 Å². The molecule has 1 fully saturated rings. The highest BCUT2D eigenvalue weighted by atomic mass is 32.1. The third-order valence-electron chi connectivity index (χ3n) is 4.74. The summed E-state index contributed by atoms with van der Waals surface area (Å²) in [6, 6.07) is 9.46. The summed E-state index contributed by atoms with van der Waals surface area (Å²) in [6.45, 7) is 5.84. The fraction of sp³-hybridized carbons (Fsp3) is 0.333. The van der Waals surface area contributed by atoms with Gasteiger partial charge in [-0.3, -0.25) is 5.43 Å². The second-order valence-corrected chi connectivity index (χ2v) is 7.69. The van der Waals surface area contributed by atoms with E-state index in [0.29, 0.717) is 11.3 Å². The maximum Gasteiger partial charge on any atom is 0.350 e. The zero-order valence-electron chi connectivity index (χ0n) is 15.7. The van der Waals surface area contributed by atoms with Crippen LogP contribution in [0.15, 0.2) is 54.1 Å². The first kappa shape index (κ1) is 18.9. The van der Waals surface area contributed by atoms with E-state index in [-0.39, 0.29) is 11.1 Å². The highest BCUT2D eigenvalue weighted by molar-refractivity contribution is 7.13. The quantitative estimate of drug-likeness (QED) is 0.526.